The first-order valence-electron chi connectivity index (χ1n) is 6.76. The molecule has 0 saturated carbocycles. The highest BCUT2D eigenvalue weighted by Crippen LogP contribution is 2.16. The van der Waals surface area contributed by atoms with E-state index in [1.54, 1.807) is 14.0 Å². The van der Waals surface area contributed by atoms with E-state index in [2.05, 4.69) is 15.3 Å². The second-order valence-corrected chi connectivity index (χ2v) is 5.10. The summed E-state index contributed by atoms with van der Waals surface area (Å²) >= 11 is 1.14. The topological polar surface area (TPSA) is 116 Å². The van der Waals surface area contributed by atoms with E-state index in [0.29, 0.717) is 18.3 Å². The number of hydrogen-bond acceptors (Lipinski definition) is 8. The maximum atomic E-state index is 11.6. The lowest BCUT2D eigenvalue weighted by Crippen LogP contribution is -2.26. The Kier molecular flexibility index (Phi) is 8.23. The summed E-state index contributed by atoms with van der Waals surface area (Å²) in [4.78, 5) is 31.1. The van der Waals surface area contributed by atoms with Gasteiger partial charge in [0.2, 0.25) is 5.91 Å². The number of amides is 1. The molecule has 0 saturated heterocycles. The monoisotopic (exact) mass is 328 g/mol. The third-order valence-corrected chi connectivity index (χ3v) is 3.33. The third-order valence-electron chi connectivity index (χ3n) is 2.47. The average Bonchev–Trinajstić information content (AvgIpc) is 2.50. The molecule has 0 bridgehead atoms. The SMILES string of the molecule is CCOC(=O)c1cnc(SCC(=O)NCCCOC)nc1N. The van der Waals surface area contributed by atoms with Gasteiger partial charge >= 0.3 is 5.97 Å². The van der Waals surface area contributed by atoms with E-state index in [9.17, 15) is 9.59 Å². The third kappa shape index (κ3) is 6.27. The van der Waals surface area contributed by atoms with Crippen LogP contribution in [-0.4, -0.2) is 54.5 Å². The fourth-order valence-corrected chi connectivity index (χ4v) is 2.09. The van der Waals surface area contributed by atoms with Gasteiger partial charge in [0, 0.05) is 26.5 Å². The van der Waals surface area contributed by atoms with Gasteiger partial charge in [-0.2, -0.15) is 0 Å². The lowest BCUT2D eigenvalue weighted by molar-refractivity contribution is -0.118. The summed E-state index contributed by atoms with van der Waals surface area (Å²) < 4.78 is 9.72. The number of nitrogens with one attached hydrogen (secondary N) is 1. The van der Waals surface area contributed by atoms with Crippen molar-refractivity contribution in [2.24, 2.45) is 0 Å². The maximum Gasteiger partial charge on any atom is 0.343 e. The molecule has 0 fully saturated rings. The van der Waals surface area contributed by atoms with Crippen LogP contribution in [0.25, 0.3) is 0 Å². The number of thioether (sulfide) groups is 1. The Bertz CT molecular complexity index is 513. The average molecular weight is 328 g/mol. The van der Waals surface area contributed by atoms with Crippen LogP contribution in [0.5, 0.6) is 0 Å². The number of aromatic nitrogens is 2. The van der Waals surface area contributed by atoms with E-state index in [4.69, 9.17) is 15.2 Å². The van der Waals surface area contributed by atoms with Gasteiger partial charge < -0.3 is 20.5 Å². The minimum atomic E-state index is -0.563. The molecule has 0 aliphatic rings. The van der Waals surface area contributed by atoms with Gasteiger partial charge in [0.05, 0.1) is 12.4 Å². The zero-order valence-electron chi connectivity index (χ0n) is 12.6. The molecule has 1 heterocycles. The molecule has 0 atom stereocenters. The zero-order valence-corrected chi connectivity index (χ0v) is 13.4. The number of rotatable bonds is 9. The van der Waals surface area contributed by atoms with Crippen molar-refractivity contribution in [1.29, 1.82) is 0 Å². The first-order valence-corrected chi connectivity index (χ1v) is 7.75. The number of ether oxygens (including phenoxy) is 2. The number of carbonyl (C=O) groups excluding carboxylic acids is 2. The van der Waals surface area contributed by atoms with Gasteiger partial charge in [-0.15, -0.1) is 0 Å². The van der Waals surface area contributed by atoms with Crippen molar-refractivity contribution >= 4 is 29.5 Å². The number of carbonyl (C=O) groups is 2. The smallest absolute Gasteiger partial charge is 0.343 e. The number of nitrogen functional groups attached to an aromatic ring is 1. The van der Waals surface area contributed by atoms with E-state index in [-0.39, 0.29) is 29.6 Å². The number of hydrogen-bond donors (Lipinski definition) is 2. The Morgan fingerprint density at radius 3 is 2.86 bits per heavy atom. The normalized spacial score (nSPS) is 10.3. The molecule has 8 nitrogen and oxygen atoms in total. The molecule has 0 aromatic carbocycles. The molecule has 1 amide bonds. The highest BCUT2D eigenvalue weighted by atomic mass is 32.2. The lowest BCUT2D eigenvalue weighted by atomic mass is 10.3. The van der Waals surface area contributed by atoms with E-state index in [0.717, 1.165) is 18.2 Å². The predicted molar refractivity (Wildman–Crippen MR) is 82.6 cm³/mol. The van der Waals surface area contributed by atoms with Crippen molar-refractivity contribution in [1.82, 2.24) is 15.3 Å². The zero-order chi connectivity index (χ0) is 16.4. The highest BCUT2D eigenvalue weighted by Gasteiger charge is 2.14. The molecule has 0 aliphatic heterocycles. The van der Waals surface area contributed by atoms with E-state index in [1.165, 1.54) is 6.20 Å². The molecule has 3 N–H and O–H groups in total. The summed E-state index contributed by atoms with van der Waals surface area (Å²) in [7, 11) is 1.61. The summed E-state index contributed by atoms with van der Waals surface area (Å²) in [5.41, 5.74) is 5.81. The van der Waals surface area contributed by atoms with E-state index in [1.807, 2.05) is 0 Å². The highest BCUT2D eigenvalue weighted by molar-refractivity contribution is 7.99. The van der Waals surface area contributed by atoms with Crippen molar-refractivity contribution in [2.45, 2.75) is 18.5 Å². The van der Waals surface area contributed by atoms with Gasteiger partial charge in [-0.25, -0.2) is 14.8 Å². The summed E-state index contributed by atoms with van der Waals surface area (Å²) in [6.45, 7) is 3.10. The van der Waals surface area contributed by atoms with Crippen LogP contribution in [0.2, 0.25) is 0 Å². The van der Waals surface area contributed by atoms with Gasteiger partial charge in [0.1, 0.15) is 11.4 Å². The number of methoxy groups -OCH3 is 1. The van der Waals surface area contributed by atoms with Gasteiger partial charge in [-0.1, -0.05) is 11.8 Å². The van der Waals surface area contributed by atoms with Crippen LogP contribution in [0, 0.1) is 0 Å². The second kappa shape index (κ2) is 9.96. The largest absolute Gasteiger partial charge is 0.462 e. The summed E-state index contributed by atoms with van der Waals surface area (Å²) in [5, 5.41) is 3.08. The van der Waals surface area contributed by atoms with Crippen LogP contribution in [0.15, 0.2) is 11.4 Å². The van der Waals surface area contributed by atoms with Crippen LogP contribution in [-0.2, 0) is 14.3 Å². The fraction of sp³-hybridized carbons (Fsp3) is 0.538. The standard InChI is InChI=1S/C13H20N4O4S/c1-3-21-12(19)9-7-16-13(17-11(9)14)22-8-10(18)15-5-4-6-20-2/h7H,3-6,8H2,1-2H3,(H,15,18)(H2,14,16,17). The molecule has 1 aromatic heterocycles. The van der Waals surface area contributed by atoms with Crippen LogP contribution in [0.4, 0.5) is 5.82 Å². The summed E-state index contributed by atoms with van der Waals surface area (Å²) in [6.07, 6.45) is 2.06. The van der Waals surface area contributed by atoms with Crippen molar-refractivity contribution in [3.63, 3.8) is 0 Å². The number of nitrogens with two attached hydrogens (primary N) is 1. The van der Waals surface area contributed by atoms with Gasteiger partial charge in [0.25, 0.3) is 0 Å². The number of esters is 1. The molecule has 0 radical (unpaired) electrons. The quantitative estimate of drug-likeness (QED) is 0.291. The molecule has 0 unspecified atom stereocenters. The molecular weight excluding hydrogens is 308 g/mol. The van der Waals surface area contributed by atoms with Gasteiger partial charge in [0.15, 0.2) is 5.16 Å². The second-order valence-electron chi connectivity index (χ2n) is 4.16. The van der Waals surface area contributed by atoms with Crippen molar-refractivity contribution in [2.75, 3.05) is 38.4 Å². The Morgan fingerprint density at radius 1 is 1.45 bits per heavy atom. The van der Waals surface area contributed by atoms with Gasteiger partial charge in [-0.05, 0) is 13.3 Å². The molecule has 1 aromatic rings. The van der Waals surface area contributed by atoms with E-state index < -0.39 is 5.97 Å². The Hall–Kier alpha value is -1.87. The fourth-order valence-electron chi connectivity index (χ4n) is 1.44. The van der Waals surface area contributed by atoms with Crippen LogP contribution < -0.4 is 11.1 Å². The first-order chi connectivity index (χ1) is 10.6. The molecule has 0 aliphatic carbocycles. The predicted octanol–water partition coefficient (Wildman–Crippen LogP) is 0.480. The van der Waals surface area contributed by atoms with Crippen LogP contribution >= 0.6 is 11.8 Å². The lowest BCUT2D eigenvalue weighted by Gasteiger charge is -2.06. The van der Waals surface area contributed by atoms with Crippen molar-refractivity contribution < 1.29 is 19.1 Å². The van der Waals surface area contributed by atoms with E-state index >= 15 is 0 Å². The molecule has 122 valence electrons. The van der Waals surface area contributed by atoms with Gasteiger partial charge in [-0.3, -0.25) is 4.79 Å². The minimum absolute atomic E-state index is 0.0384. The van der Waals surface area contributed by atoms with Crippen molar-refractivity contribution in [3.8, 4) is 0 Å². The first kappa shape index (κ1) is 18.2. The van der Waals surface area contributed by atoms with Crippen LogP contribution in [0.3, 0.4) is 0 Å². The Labute approximate surface area is 133 Å². The Morgan fingerprint density at radius 2 is 2.23 bits per heavy atom. The molecule has 9 heteroatoms. The molecule has 0 spiro atoms. The number of anilines is 1. The minimum Gasteiger partial charge on any atom is -0.462 e. The van der Waals surface area contributed by atoms with Crippen LogP contribution in [0.1, 0.15) is 23.7 Å². The summed E-state index contributed by atoms with van der Waals surface area (Å²) in [6, 6.07) is 0. The molecule has 1 rings (SSSR count). The number of nitrogens with zero attached hydrogens (tertiary/aromatic N) is 2. The Balaban J connectivity index is 2.45. The molecular formula is C13H20N4O4S. The maximum absolute atomic E-state index is 11.6. The van der Waals surface area contributed by atoms with Crippen molar-refractivity contribution in [3.05, 3.63) is 11.8 Å². The molecule has 22 heavy (non-hydrogen) atoms. The summed E-state index contributed by atoms with van der Waals surface area (Å²) in [5.74, 6) is -0.479.